The van der Waals surface area contributed by atoms with Gasteiger partial charge in [-0.15, -0.1) is 12.4 Å². The maximum absolute atomic E-state index is 12.2. The molecule has 1 amide bonds. The lowest BCUT2D eigenvalue weighted by Crippen LogP contribution is -2.47. The van der Waals surface area contributed by atoms with Crippen molar-refractivity contribution in [3.05, 3.63) is 29.3 Å². The highest BCUT2D eigenvalue weighted by Gasteiger charge is 2.27. The Morgan fingerprint density at radius 1 is 1.32 bits per heavy atom. The predicted octanol–water partition coefficient (Wildman–Crippen LogP) is 2.88. The summed E-state index contributed by atoms with van der Waals surface area (Å²) in [5, 5.41) is 3.90. The van der Waals surface area contributed by atoms with Crippen molar-refractivity contribution in [2.45, 2.75) is 37.8 Å². The maximum Gasteiger partial charge on any atom is 0.236 e. The van der Waals surface area contributed by atoms with Crippen molar-refractivity contribution in [2.24, 2.45) is 0 Å². The lowest BCUT2D eigenvalue weighted by Gasteiger charge is -2.33. The number of piperidine rings is 1. The molecular weight excluding hydrogens is 323 g/mol. The van der Waals surface area contributed by atoms with Gasteiger partial charge in [-0.2, -0.15) is 0 Å². The van der Waals surface area contributed by atoms with E-state index in [1.165, 1.54) is 12.8 Å². The van der Waals surface area contributed by atoms with Crippen LogP contribution < -0.4 is 10.1 Å². The first-order valence-corrected chi connectivity index (χ1v) is 8.02. The van der Waals surface area contributed by atoms with Crippen LogP contribution in [-0.2, 0) is 4.79 Å². The molecule has 1 aliphatic carbocycles. The fourth-order valence-electron chi connectivity index (χ4n) is 2.61. The van der Waals surface area contributed by atoms with Gasteiger partial charge in [-0.3, -0.25) is 4.79 Å². The van der Waals surface area contributed by atoms with Crippen LogP contribution in [0.2, 0.25) is 5.02 Å². The Kier molecular flexibility index (Phi) is 6.36. The average molecular weight is 345 g/mol. The van der Waals surface area contributed by atoms with E-state index >= 15 is 0 Å². The lowest BCUT2D eigenvalue weighted by molar-refractivity contribution is -0.132. The Bertz CT molecular complexity index is 509. The molecule has 4 nitrogen and oxygen atoms in total. The van der Waals surface area contributed by atoms with Crippen LogP contribution in [0.5, 0.6) is 5.75 Å². The van der Waals surface area contributed by atoms with Crippen LogP contribution >= 0.6 is 24.0 Å². The number of carbonyl (C=O) groups is 1. The van der Waals surface area contributed by atoms with Crippen LogP contribution in [0.3, 0.4) is 0 Å². The molecule has 1 atom stereocenters. The predicted molar refractivity (Wildman–Crippen MR) is 90.0 cm³/mol. The van der Waals surface area contributed by atoms with E-state index in [-0.39, 0.29) is 24.4 Å². The standard InChI is InChI=1S/C16H21ClN2O2.ClH/c17-14-5-1-2-6-15(14)21-13-4-3-9-19(11-13)16(20)10-18-12-7-8-12;/h1-2,5-6,12-13,18H,3-4,7-11H2;1H. The molecule has 1 heterocycles. The van der Waals surface area contributed by atoms with Crippen molar-refractivity contribution in [1.29, 1.82) is 0 Å². The van der Waals surface area contributed by atoms with Gasteiger partial charge in [-0.05, 0) is 37.8 Å². The summed E-state index contributed by atoms with van der Waals surface area (Å²) < 4.78 is 5.96. The number of carbonyl (C=O) groups excluding carboxylic acids is 1. The van der Waals surface area contributed by atoms with Gasteiger partial charge in [0.2, 0.25) is 5.91 Å². The molecule has 122 valence electrons. The highest BCUT2D eigenvalue weighted by molar-refractivity contribution is 6.32. The normalized spacial score (nSPS) is 21.1. The van der Waals surface area contributed by atoms with Gasteiger partial charge in [0.15, 0.2) is 0 Å². The molecule has 1 aromatic carbocycles. The zero-order valence-electron chi connectivity index (χ0n) is 12.5. The smallest absolute Gasteiger partial charge is 0.236 e. The highest BCUT2D eigenvalue weighted by Crippen LogP contribution is 2.26. The summed E-state index contributed by atoms with van der Waals surface area (Å²) in [6.45, 7) is 1.92. The number of halogens is 2. The Morgan fingerprint density at radius 2 is 2.09 bits per heavy atom. The van der Waals surface area contributed by atoms with E-state index in [1.54, 1.807) is 0 Å². The minimum atomic E-state index is 0. The third kappa shape index (κ3) is 4.77. The monoisotopic (exact) mass is 344 g/mol. The van der Waals surface area contributed by atoms with Crippen molar-refractivity contribution in [3.63, 3.8) is 0 Å². The van der Waals surface area contributed by atoms with Crippen molar-refractivity contribution in [1.82, 2.24) is 10.2 Å². The first-order chi connectivity index (χ1) is 10.2. The van der Waals surface area contributed by atoms with E-state index in [2.05, 4.69) is 5.32 Å². The third-order valence-electron chi connectivity index (χ3n) is 3.98. The van der Waals surface area contributed by atoms with Crippen LogP contribution in [0.25, 0.3) is 0 Å². The lowest BCUT2D eigenvalue weighted by atomic mass is 10.1. The summed E-state index contributed by atoms with van der Waals surface area (Å²) in [5.41, 5.74) is 0. The molecule has 3 rings (SSSR count). The van der Waals surface area contributed by atoms with E-state index in [1.807, 2.05) is 29.2 Å². The van der Waals surface area contributed by atoms with Crippen LogP contribution in [0.15, 0.2) is 24.3 Å². The highest BCUT2D eigenvalue weighted by atomic mass is 35.5. The number of amides is 1. The number of benzene rings is 1. The van der Waals surface area contributed by atoms with Crippen LogP contribution in [0, 0.1) is 0 Å². The van der Waals surface area contributed by atoms with Crippen molar-refractivity contribution < 1.29 is 9.53 Å². The summed E-state index contributed by atoms with van der Waals surface area (Å²) in [6.07, 6.45) is 4.37. The summed E-state index contributed by atoms with van der Waals surface area (Å²) in [6, 6.07) is 8.05. The van der Waals surface area contributed by atoms with Gasteiger partial charge in [0.1, 0.15) is 11.9 Å². The average Bonchev–Trinajstić information content (AvgIpc) is 3.32. The van der Waals surface area contributed by atoms with Crippen molar-refractivity contribution in [3.8, 4) is 5.75 Å². The van der Waals surface area contributed by atoms with Gasteiger partial charge in [-0.25, -0.2) is 0 Å². The number of hydrogen-bond acceptors (Lipinski definition) is 3. The Hall–Kier alpha value is -0.970. The summed E-state index contributed by atoms with van der Waals surface area (Å²) in [4.78, 5) is 14.1. The molecule has 1 saturated heterocycles. The minimum Gasteiger partial charge on any atom is -0.487 e. The van der Waals surface area contributed by atoms with Gasteiger partial charge >= 0.3 is 0 Å². The zero-order valence-corrected chi connectivity index (χ0v) is 14.0. The molecule has 2 fully saturated rings. The summed E-state index contributed by atoms with van der Waals surface area (Å²) in [7, 11) is 0. The van der Waals surface area contributed by atoms with E-state index in [0.29, 0.717) is 29.9 Å². The van der Waals surface area contributed by atoms with Crippen LogP contribution in [0.4, 0.5) is 0 Å². The zero-order chi connectivity index (χ0) is 14.7. The molecule has 22 heavy (non-hydrogen) atoms. The molecule has 0 aromatic heterocycles. The summed E-state index contributed by atoms with van der Waals surface area (Å²) in [5.74, 6) is 0.879. The first-order valence-electron chi connectivity index (χ1n) is 7.65. The SMILES string of the molecule is Cl.O=C(CNC1CC1)N1CCCC(Oc2ccccc2Cl)C1. The van der Waals surface area contributed by atoms with Crippen LogP contribution in [0.1, 0.15) is 25.7 Å². The van der Waals surface area contributed by atoms with Crippen molar-refractivity contribution >= 4 is 29.9 Å². The molecule has 1 unspecified atom stereocenters. The molecule has 0 radical (unpaired) electrons. The third-order valence-corrected chi connectivity index (χ3v) is 4.29. The quantitative estimate of drug-likeness (QED) is 0.892. The number of hydrogen-bond donors (Lipinski definition) is 1. The molecule has 2 aliphatic rings. The second kappa shape index (κ2) is 8.04. The second-order valence-corrected chi connectivity index (χ2v) is 6.21. The molecule has 0 bridgehead atoms. The Balaban J connectivity index is 0.00000176. The second-order valence-electron chi connectivity index (χ2n) is 5.81. The van der Waals surface area contributed by atoms with E-state index in [0.717, 1.165) is 19.4 Å². The van der Waals surface area contributed by atoms with Gasteiger partial charge in [0.05, 0.1) is 18.1 Å². The fourth-order valence-corrected chi connectivity index (χ4v) is 2.79. The van der Waals surface area contributed by atoms with Crippen molar-refractivity contribution in [2.75, 3.05) is 19.6 Å². The molecular formula is C16H22Cl2N2O2. The largest absolute Gasteiger partial charge is 0.487 e. The maximum atomic E-state index is 12.2. The van der Waals surface area contributed by atoms with E-state index in [9.17, 15) is 4.79 Å². The number of nitrogens with one attached hydrogen (secondary N) is 1. The molecule has 1 aromatic rings. The number of rotatable bonds is 5. The first kappa shape index (κ1) is 17.4. The molecule has 1 N–H and O–H groups in total. The van der Waals surface area contributed by atoms with E-state index in [4.69, 9.17) is 16.3 Å². The number of likely N-dealkylation sites (tertiary alicyclic amines) is 1. The Morgan fingerprint density at radius 3 is 2.82 bits per heavy atom. The van der Waals surface area contributed by atoms with Gasteiger partial charge in [0.25, 0.3) is 0 Å². The molecule has 6 heteroatoms. The van der Waals surface area contributed by atoms with Gasteiger partial charge < -0.3 is 15.0 Å². The minimum absolute atomic E-state index is 0. The van der Waals surface area contributed by atoms with Gasteiger partial charge in [0, 0.05) is 12.6 Å². The summed E-state index contributed by atoms with van der Waals surface area (Å²) >= 11 is 6.12. The number of ether oxygens (including phenoxy) is 1. The number of para-hydroxylation sites is 1. The van der Waals surface area contributed by atoms with E-state index < -0.39 is 0 Å². The molecule has 0 spiro atoms. The molecule has 1 aliphatic heterocycles. The fraction of sp³-hybridized carbons (Fsp3) is 0.562. The number of nitrogens with zero attached hydrogens (tertiary/aromatic N) is 1. The topological polar surface area (TPSA) is 41.6 Å². The molecule has 1 saturated carbocycles. The van der Waals surface area contributed by atoms with Crippen LogP contribution in [-0.4, -0.2) is 42.6 Å². The Labute approximate surface area is 142 Å². The van der Waals surface area contributed by atoms with Gasteiger partial charge in [-0.1, -0.05) is 23.7 Å².